The molecule has 0 saturated heterocycles. The van der Waals surface area contributed by atoms with E-state index in [4.69, 9.17) is 9.47 Å². The van der Waals surface area contributed by atoms with Gasteiger partial charge in [-0.15, -0.1) is 0 Å². The average molecular weight is 483 g/mol. The number of fused-ring (bicyclic) bond motifs is 1. The van der Waals surface area contributed by atoms with Gasteiger partial charge in [0.15, 0.2) is 11.5 Å². The second-order valence-electron chi connectivity index (χ2n) is 8.74. The normalized spacial score (nSPS) is 14.6. The molecule has 3 aromatic carbocycles. The van der Waals surface area contributed by atoms with Gasteiger partial charge in [0, 0.05) is 53.9 Å². The molecule has 9 heteroatoms. The van der Waals surface area contributed by atoms with Gasteiger partial charge in [0.2, 0.25) is 0 Å². The van der Waals surface area contributed by atoms with Gasteiger partial charge in [0.25, 0.3) is 16.3 Å². The smallest absolute Gasteiger partial charge is 0.268 e. The molecule has 1 N–H and O–H groups in total. The minimum absolute atomic E-state index is 0.193. The number of sulfonamides is 1. The number of rotatable bonds is 7. The molecule has 180 valence electrons. The third-order valence-electron chi connectivity index (χ3n) is 5.49. The lowest BCUT2D eigenvalue weighted by atomic mass is 10.1. The van der Waals surface area contributed by atoms with Crippen molar-refractivity contribution in [2.75, 3.05) is 61.7 Å². The summed E-state index contributed by atoms with van der Waals surface area (Å²) in [5.41, 5.74) is 4.42. The van der Waals surface area contributed by atoms with E-state index < -0.39 is 16.3 Å². The largest absolute Gasteiger partial charge is 0.447 e. The summed E-state index contributed by atoms with van der Waals surface area (Å²) in [4.78, 5) is 6.40. The van der Waals surface area contributed by atoms with E-state index in [1.54, 1.807) is 48.5 Å². The summed E-state index contributed by atoms with van der Waals surface area (Å²) < 4.78 is 40.2. The lowest BCUT2D eigenvalue weighted by molar-refractivity contribution is 0.0488. The van der Waals surface area contributed by atoms with Gasteiger partial charge in [-0.25, -0.2) is 8.42 Å². The van der Waals surface area contributed by atoms with Crippen molar-refractivity contribution >= 4 is 32.8 Å². The fourth-order valence-corrected chi connectivity index (χ4v) is 4.94. The quantitative estimate of drug-likeness (QED) is 0.542. The van der Waals surface area contributed by atoms with Crippen LogP contribution in [-0.4, -0.2) is 50.7 Å². The van der Waals surface area contributed by atoms with Gasteiger partial charge < -0.3 is 24.2 Å². The Morgan fingerprint density at radius 1 is 0.735 bits per heavy atom. The van der Waals surface area contributed by atoms with Crippen molar-refractivity contribution in [2.45, 2.75) is 11.2 Å². The van der Waals surface area contributed by atoms with Crippen LogP contribution in [-0.2, 0) is 10.0 Å². The molecular weight excluding hydrogens is 452 g/mol. The van der Waals surface area contributed by atoms with Gasteiger partial charge in [0.05, 0.1) is 27.6 Å². The molecule has 0 amide bonds. The van der Waals surface area contributed by atoms with Crippen molar-refractivity contribution < 1.29 is 17.9 Å². The highest BCUT2D eigenvalue weighted by atomic mass is 32.2. The first-order valence-corrected chi connectivity index (χ1v) is 12.3. The first kappa shape index (κ1) is 23.6. The average Bonchev–Trinajstić information content (AvgIpc) is 3.21. The fourth-order valence-electron chi connectivity index (χ4n) is 3.87. The SMILES string of the molecule is CN(C)c1cc(C2Oc3ccc(NS(=O)(=O)c4ccccc4)cc3O2)cc(N(C)C)c1N(C)C. The zero-order valence-electron chi connectivity index (χ0n) is 20.2. The highest BCUT2D eigenvalue weighted by Gasteiger charge is 2.29. The van der Waals surface area contributed by atoms with Crippen LogP contribution in [0.2, 0.25) is 0 Å². The van der Waals surface area contributed by atoms with E-state index in [0.717, 1.165) is 22.6 Å². The van der Waals surface area contributed by atoms with Crippen LogP contribution < -0.4 is 28.9 Å². The molecule has 0 saturated carbocycles. The highest BCUT2D eigenvalue weighted by molar-refractivity contribution is 7.92. The maximum atomic E-state index is 12.7. The van der Waals surface area contributed by atoms with Crippen molar-refractivity contribution in [3.63, 3.8) is 0 Å². The Morgan fingerprint density at radius 2 is 1.32 bits per heavy atom. The molecule has 8 nitrogen and oxygen atoms in total. The summed E-state index contributed by atoms with van der Waals surface area (Å²) in [6, 6.07) is 17.4. The zero-order valence-corrected chi connectivity index (χ0v) is 21.1. The zero-order chi connectivity index (χ0) is 24.6. The lowest BCUT2D eigenvalue weighted by Crippen LogP contribution is -2.22. The highest BCUT2D eigenvalue weighted by Crippen LogP contribution is 2.45. The molecule has 0 aromatic heterocycles. The molecule has 1 aliphatic rings. The van der Waals surface area contributed by atoms with E-state index in [9.17, 15) is 8.42 Å². The molecule has 1 heterocycles. The van der Waals surface area contributed by atoms with E-state index in [1.807, 2.05) is 42.3 Å². The minimum atomic E-state index is -3.70. The van der Waals surface area contributed by atoms with Crippen LogP contribution in [0, 0.1) is 0 Å². The summed E-state index contributed by atoms with van der Waals surface area (Å²) >= 11 is 0. The number of nitrogens with one attached hydrogen (secondary N) is 1. The molecular formula is C25H30N4O4S. The van der Waals surface area contributed by atoms with Crippen molar-refractivity contribution in [2.24, 2.45) is 0 Å². The van der Waals surface area contributed by atoms with Crippen LogP contribution in [0.5, 0.6) is 11.5 Å². The number of benzene rings is 3. The summed E-state index contributed by atoms with van der Waals surface area (Å²) in [6.07, 6.45) is -0.649. The Kier molecular flexibility index (Phi) is 6.22. The summed E-state index contributed by atoms with van der Waals surface area (Å²) in [7, 11) is 8.34. The maximum absolute atomic E-state index is 12.7. The summed E-state index contributed by atoms with van der Waals surface area (Å²) in [6.45, 7) is 0. The van der Waals surface area contributed by atoms with Crippen LogP contribution >= 0.6 is 0 Å². The molecule has 0 aliphatic carbocycles. The molecule has 34 heavy (non-hydrogen) atoms. The van der Waals surface area contributed by atoms with Crippen molar-refractivity contribution in [3.05, 3.63) is 66.2 Å². The second kappa shape index (κ2) is 8.98. The van der Waals surface area contributed by atoms with Gasteiger partial charge in [-0.2, -0.15) is 0 Å². The number of hydrogen-bond donors (Lipinski definition) is 1. The van der Waals surface area contributed by atoms with Crippen LogP contribution in [0.1, 0.15) is 11.9 Å². The minimum Gasteiger partial charge on any atom is -0.447 e. The summed E-state index contributed by atoms with van der Waals surface area (Å²) in [5.74, 6) is 1.04. The van der Waals surface area contributed by atoms with Crippen molar-refractivity contribution in [1.82, 2.24) is 0 Å². The molecule has 3 aromatic rings. The van der Waals surface area contributed by atoms with Crippen molar-refractivity contribution in [3.8, 4) is 11.5 Å². The van der Waals surface area contributed by atoms with Gasteiger partial charge in [-0.05, 0) is 36.4 Å². The van der Waals surface area contributed by atoms with Crippen molar-refractivity contribution in [1.29, 1.82) is 0 Å². The second-order valence-corrected chi connectivity index (χ2v) is 10.4. The first-order valence-electron chi connectivity index (χ1n) is 10.8. The third-order valence-corrected chi connectivity index (χ3v) is 6.89. The fraction of sp³-hybridized carbons (Fsp3) is 0.280. The molecule has 1 unspecified atom stereocenters. The lowest BCUT2D eigenvalue weighted by Gasteiger charge is -2.30. The van der Waals surface area contributed by atoms with E-state index in [2.05, 4.69) is 31.6 Å². The van der Waals surface area contributed by atoms with E-state index in [-0.39, 0.29) is 4.90 Å². The predicted octanol–water partition coefficient (Wildman–Crippen LogP) is 4.16. The van der Waals surface area contributed by atoms with Crippen LogP contribution in [0.4, 0.5) is 22.7 Å². The Morgan fingerprint density at radius 3 is 1.88 bits per heavy atom. The Labute approximate surface area is 201 Å². The molecule has 0 spiro atoms. The first-order chi connectivity index (χ1) is 16.1. The van der Waals surface area contributed by atoms with E-state index in [1.165, 1.54) is 0 Å². The molecule has 1 atom stereocenters. The van der Waals surface area contributed by atoms with Gasteiger partial charge in [0.1, 0.15) is 0 Å². The maximum Gasteiger partial charge on any atom is 0.268 e. The van der Waals surface area contributed by atoms with Gasteiger partial charge in [-0.1, -0.05) is 18.2 Å². The number of ether oxygens (including phenoxy) is 2. The van der Waals surface area contributed by atoms with Crippen LogP contribution in [0.25, 0.3) is 0 Å². The van der Waals surface area contributed by atoms with Gasteiger partial charge in [-0.3, -0.25) is 4.72 Å². The molecule has 0 bridgehead atoms. The Hall–Kier alpha value is -3.59. The standard InChI is InChI=1S/C25H30N4O4S/c1-27(2)20-14-17(15-21(28(3)4)24(20)29(5)6)25-32-22-13-12-18(16-23(22)33-25)26-34(30,31)19-10-8-7-9-11-19/h7-16,25-26H,1-6H3. The monoisotopic (exact) mass is 482 g/mol. The number of anilines is 4. The van der Waals surface area contributed by atoms with Gasteiger partial charge >= 0.3 is 0 Å². The summed E-state index contributed by atoms with van der Waals surface area (Å²) in [5, 5.41) is 0. The number of hydrogen-bond acceptors (Lipinski definition) is 7. The topological polar surface area (TPSA) is 74.3 Å². The molecule has 1 aliphatic heterocycles. The third kappa shape index (κ3) is 4.56. The number of nitrogens with zero attached hydrogens (tertiary/aromatic N) is 3. The van der Waals surface area contributed by atoms with Crippen LogP contribution in [0.15, 0.2) is 65.6 Å². The molecule has 0 radical (unpaired) electrons. The van der Waals surface area contributed by atoms with Crippen LogP contribution in [0.3, 0.4) is 0 Å². The Bertz CT molecular complexity index is 1260. The molecule has 4 rings (SSSR count). The van der Waals surface area contributed by atoms with E-state index in [0.29, 0.717) is 17.2 Å². The Balaban J connectivity index is 1.63. The predicted molar refractivity (Wildman–Crippen MR) is 137 cm³/mol. The van der Waals surface area contributed by atoms with E-state index >= 15 is 0 Å². The molecule has 0 fully saturated rings.